The van der Waals surface area contributed by atoms with Gasteiger partial charge < -0.3 is 10.2 Å². The van der Waals surface area contributed by atoms with E-state index in [-0.39, 0.29) is 11.8 Å². The lowest BCUT2D eigenvalue weighted by atomic mass is 10.0. The van der Waals surface area contributed by atoms with E-state index in [1.807, 2.05) is 42.8 Å². The Labute approximate surface area is 151 Å². The number of hydrogen-bond donors (Lipinski definition) is 1. The van der Waals surface area contributed by atoms with Crippen LogP contribution in [0.2, 0.25) is 0 Å². The van der Waals surface area contributed by atoms with E-state index in [0.717, 1.165) is 43.6 Å². The fourth-order valence-corrected chi connectivity index (χ4v) is 3.05. The Hall–Kier alpha value is -2.07. The minimum absolute atomic E-state index is 0.00410. The molecule has 1 unspecified atom stereocenters. The molecule has 0 saturated heterocycles. The van der Waals surface area contributed by atoms with Crippen molar-refractivity contribution in [1.82, 2.24) is 14.8 Å². The molecule has 1 aromatic heterocycles. The first-order valence-electron chi connectivity index (χ1n) is 9.07. The van der Waals surface area contributed by atoms with Gasteiger partial charge in [0.25, 0.3) is 0 Å². The van der Waals surface area contributed by atoms with Gasteiger partial charge in [-0.1, -0.05) is 31.7 Å². The predicted octanol–water partition coefficient (Wildman–Crippen LogP) is 3.93. The van der Waals surface area contributed by atoms with Crippen LogP contribution in [-0.2, 0) is 6.42 Å². The minimum atomic E-state index is 0.00410. The Bertz CT molecular complexity index is 730. The van der Waals surface area contributed by atoms with Crippen molar-refractivity contribution in [2.24, 2.45) is 5.92 Å². The molecule has 0 aliphatic heterocycles. The van der Waals surface area contributed by atoms with Crippen LogP contribution in [0, 0.1) is 5.92 Å². The fraction of sp³-hybridized carbons (Fsp3) is 0.476. The maximum atomic E-state index is 13.0. The number of hydrogen-bond acceptors (Lipinski definition) is 3. The van der Waals surface area contributed by atoms with Crippen molar-refractivity contribution in [3.05, 3.63) is 48.3 Å². The third kappa shape index (κ3) is 5.20. The maximum absolute atomic E-state index is 13.0. The molecule has 1 aromatic carbocycles. The third-order valence-corrected chi connectivity index (χ3v) is 4.52. The van der Waals surface area contributed by atoms with Gasteiger partial charge in [-0.25, -0.2) is 0 Å². The van der Waals surface area contributed by atoms with Gasteiger partial charge in [0.05, 0.1) is 5.52 Å². The van der Waals surface area contributed by atoms with E-state index >= 15 is 0 Å². The lowest BCUT2D eigenvalue weighted by molar-refractivity contribution is 0.0843. The van der Waals surface area contributed by atoms with E-state index in [9.17, 15) is 4.79 Å². The summed E-state index contributed by atoms with van der Waals surface area (Å²) >= 11 is 0. The van der Waals surface area contributed by atoms with Crippen molar-refractivity contribution in [3.63, 3.8) is 0 Å². The number of allylic oxidation sites excluding steroid dienone is 1. The number of carbonyl (C=O) groups excluding carboxylic acids is 1. The number of likely N-dealkylation sites (N-methyl/N-ethyl adjacent to an activating group) is 1. The molecule has 4 heteroatoms. The summed E-state index contributed by atoms with van der Waals surface area (Å²) in [7, 11) is 4.15. The summed E-state index contributed by atoms with van der Waals surface area (Å²) in [4.78, 5) is 15.1. The summed E-state index contributed by atoms with van der Waals surface area (Å²) in [5, 5.41) is 4.41. The van der Waals surface area contributed by atoms with Crippen molar-refractivity contribution in [2.45, 2.75) is 33.1 Å². The predicted molar refractivity (Wildman–Crippen MR) is 106 cm³/mol. The topological polar surface area (TPSA) is 37.3 Å². The molecule has 1 N–H and O–H groups in total. The summed E-state index contributed by atoms with van der Waals surface area (Å²) in [5.41, 5.74) is 3.24. The number of fused-ring (bicyclic) bond motifs is 1. The van der Waals surface area contributed by atoms with E-state index in [0.29, 0.717) is 0 Å². The monoisotopic (exact) mass is 341 g/mol. The van der Waals surface area contributed by atoms with E-state index < -0.39 is 0 Å². The number of carbonyl (C=O) groups is 1. The second kappa shape index (κ2) is 8.86. The van der Waals surface area contributed by atoms with E-state index in [2.05, 4.69) is 37.0 Å². The molecule has 0 saturated carbocycles. The number of para-hydroxylation sites is 1. The van der Waals surface area contributed by atoms with Crippen LogP contribution in [0.4, 0.5) is 0 Å². The van der Waals surface area contributed by atoms with Crippen LogP contribution in [0.5, 0.6) is 0 Å². The Kier molecular flexibility index (Phi) is 6.82. The largest absolute Gasteiger partial charge is 0.389 e. The highest BCUT2D eigenvalue weighted by atomic mass is 16.2. The summed E-state index contributed by atoms with van der Waals surface area (Å²) in [6, 6.07) is 8.21. The molecule has 136 valence electrons. The fourth-order valence-electron chi connectivity index (χ4n) is 3.05. The quantitative estimate of drug-likeness (QED) is 0.702. The van der Waals surface area contributed by atoms with Gasteiger partial charge >= 0.3 is 0 Å². The Balaban J connectivity index is 2.13. The van der Waals surface area contributed by atoms with E-state index in [1.54, 1.807) is 0 Å². The molecule has 0 amide bonds. The normalized spacial score (nSPS) is 12.5. The van der Waals surface area contributed by atoms with Crippen LogP contribution in [0.15, 0.2) is 42.7 Å². The van der Waals surface area contributed by atoms with E-state index in [4.69, 9.17) is 0 Å². The Morgan fingerprint density at radius 2 is 2.04 bits per heavy atom. The highest BCUT2D eigenvalue weighted by Gasteiger charge is 2.18. The zero-order valence-corrected chi connectivity index (χ0v) is 16.0. The van der Waals surface area contributed by atoms with Crippen molar-refractivity contribution in [3.8, 4) is 0 Å². The van der Waals surface area contributed by atoms with Gasteiger partial charge in [0.2, 0.25) is 5.91 Å². The Morgan fingerprint density at radius 1 is 1.32 bits per heavy atom. The van der Waals surface area contributed by atoms with Crippen molar-refractivity contribution in [2.75, 3.05) is 27.2 Å². The average Bonchev–Trinajstić information content (AvgIpc) is 2.94. The van der Waals surface area contributed by atoms with Gasteiger partial charge in [-0.15, -0.1) is 0 Å². The number of rotatable bonds is 9. The molecule has 0 bridgehead atoms. The van der Waals surface area contributed by atoms with E-state index in [1.165, 1.54) is 10.9 Å². The summed E-state index contributed by atoms with van der Waals surface area (Å²) in [6.07, 6.45) is 4.83. The van der Waals surface area contributed by atoms with Crippen molar-refractivity contribution >= 4 is 16.8 Å². The smallest absolute Gasteiger partial charge is 0.233 e. The lowest BCUT2D eigenvalue weighted by Crippen LogP contribution is -2.20. The molecule has 1 atom stereocenters. The van der Waals surface area contributed by atoms with Gasteiger partial charge in [-0.05, 0) is 51.9 Å². The zero-order chi connectivity index (χ0) is 18.4. The van der Waals surface area contributed by atoms with Crippen LogP contribution >= 0.6 is 0 Å². The highest BCUT2D eigenvalue weighted by Crippen LogP contribution is 2.24. The van der Waals surface area contributed by atoms with Gasteiger partial charge in [0, 0.05) is 36.3 Å². The maximum Gasteiger partial charge on any atom is 0.233 e. The number of benzene rings is 1. The van der Waals surface area contributed by atoms with Crippen LogP contribution in [0.3, 0.4) is 0 Å². The molecule has 2 aromatic rings. The first-order chi connectivity index (χ1) is 11.9. The number of aromatic nitrogens is 1. The molecule has 2 rings (SSSR count). The molecular weight excluding hydrogens is 310 g/mol. The van der Waals surface area contributed by atoms with Crippen LogP contribution in [-0.4, -0.2) is 42.6 Å². The van der Waals surface area contributed by atoms with Gasteiger partial charge in [-0.2, -0.15) is 0 Å². The first-order valence-corrected chi connectivity index (χ1v) is 9.07. The zero-order valence-electron chi connectivity index (χ0n) is 16.0. The molecular formula is C21H31N3O. The number of nitrogens with zero attached hydrogens (tertiary/aromatic N) is 2. The van der Waals surface area contributed by atoms with Crippen LogP contribution < -0.4 is 5.32 Å². The van der Waals surface area contributed by atoms with Crippen LogP contribution in [0.25, 0.3) is 10.9 Å². The molecule has 4 nitrogen and oxygen atoms in total. The van der Waals surface area contributed by atoms with Crippen molar-refractivity contribution in [1.29, 1.82) is 0 Å². The van der Waals surface area contributed by atoms with Gasteiger partial charge in [-0.3, -0.25) is 9.36 Å². The summed E-state index contributed by atoms with van der Waals surface area (Å²) < 4.78 is 1.86. The number of nitrogens with one attached hydrogen (secondary N) is 1. The SMILES string of the molecule is C=C(C)NCCCC(C)C(=O)n1cc(CCN(C)C)c2ccccc21. The molecule has 0 aliphatic rings. The lowest BCUT2D eigenvalue weighted by Gasteiger charge is -2.12. The molecule has 0 aliphatic carbocycles. The first kappa shape index (κ1) is 19.3. The standard InChI is InChI=1S/C21H31N3O/c1-16(2)22-13-8-9-17(3)21(25)24-15-18(12-14-23(4)5)19-10-6-7-11-20(19)24/h6-7,10-11,15,17,22H,1,8-9,12-14H2,2-5H3. The summed E-state index contributed by atoms with van der Waals surface area (Å²) in [6.45, 7) is 9.66. The molecule has 0 fully saturated rings. The second-order valence-corrected chi connectivity index (χ2v) is 7.18. The van der Waals surface area contributed by atoms with Gasteiger partial charge in [0.1, 0.15) is 0 Å². The molecule has 0 radical (unpaired) electrons. The second-order valence-electron chi connectivity index (χ2n) is 7.18. The highest BCUT2D eigenvalue weighted by molar-refractivity contribution is 5.95. The molecule has 0 spiro atoms. The van der Waals surface area contributed by atoms with Crippen LogP contribution in [0.1, 0.15) is 37.0 Å². The van der Waals surface area contributed by atoms with Crippen molar-refractivity contribution < 1.29 is 4.79 Å². The summed E-state index contributed by atoms with van der Waals surface area (Å²) in [5.74, 6) is 0.187. The van der Waals surface area contributed by atoms with Gasteiger partial charge in [0.15, 0.2) is 0 Å². The third-order valence-electron chi connectivity index (χ3n) is 4.52. The molecule has 1 heterocycles. The molecule has 25 heavy (non-hydrogen) atoms. The minimum Gasteiger partial charge on any atom is -0.389 e. The average molecular weight is 341 g/mol. The Morgan fingerprint density at radius 3 is 2.72 bits per heavy atom.